The highest BCUT2D eigenvalue weighted by molar-refractivity contribution is 7.71. The number of aryl methyl sites for hydroxylation is 3. The minimum atomic E-state index is 0.672. The van der Waals surface area contributed by atoms with E-state index in [1.54, 1.807) is 0 Å². The number of ether oxygens (including phenoxy) is 1. The van der Waals surface area contributed by atoms with Crippen LogP contribution in [-0.2, 0) is 6.42 Å². The van der Waals surface area contributed by atoms with E-state index < -0.39 is 0 Å². The molecule has 4 heteroatoms. The molecule has 3 rings (SSSR count). The van der Waals surface area contributed by atoms with E-state index >= 15 is 0 Å². The number of aromatic amines is 1. The van der Waals surface area contributed by atoms with Crippen LogP contribution in [-0.4, -0.2) is 16.6 Å². The molecule has 0 bridgehead atoms. The first-order chi connectivity index (χ1) is 9.16. The van der Waals surface area contributed by atoms with Gasteiger partial charge in [-0.15, -0.1) is 0 Å². The number of aromatic nitrogens is 2. The summed E-state index contributed by atoms with van der Waals surface area (Å²) < 4.78 is 6.51. The molecule has 1 N–H and O–H groups in total. The lowest BCUT2D eigenvalue weighted by molar-refractivity contribution is 0.289. The average molecular weight is 272 g/mol. The zero-order valence-corrected chi connectivity index (χ0v) is 11.9. The number of nitrogens with zero attached hydrogens (tertiary/aromatic N) is 1. The van der Waals surface area contributed by atoms with Crippen molar-refractivity contribution in [2.45, 2.75) is 26.7 Å². The molecule has 1 aliphatic rings. The van der Waals surface area contributed by atoms with Crippen LogP contribution in [0.1, 0.15) is 23.4 Å². The van der Waals surface area contributed by atoms with Crippen LogP contribution < -0.4 is 4.74 Å². The van der Waals surface area contributed by atoms with Crippen molar-refractivity contribution in [2.75, 3.05) is 6.61 Å². The highest BCUT2D eigenvalue weighted by Gasteiger charge is 2.17. The molecule has 1 aliphatic heterocycles. The fourth-order valence-corrected chi connectivity index (χ4v) is 2.69. The van der Waals surface area contributed by atoms with Crippen molar-refractivity contribution in [3.8, 4) is 17.0 Å². The molecule has 0 aliphatic carbocycles. The molecular formula is C15H16N2OS. The van der Waals surface area contributed by atoms with E-state index in [0.717, 1.165) is 47.8 Å². The van der Waals surface area contributed by atoms with E-state index in [9.17, 15) is 0 Å². The van der Waals surface area contributed by atoms with Gasteiger partial charge in [-0.05, 0) is 38.3 Å². The van der Waals surface area contributed by atoms with Gasteiger partial charge in [-0.25, -0.2) is 4.98 Å². The minimum absolute atomic E-state index is 0.672. The SMILES string of the molecule is Cc1nc(-c2cccc3c2OCCC3)c(=S)[nH]c1C. The van der Waals surface area contributed by atoms with E-state index in [4.69, 9.17) is 17.0 Å². The Hall–Kier alpha value is -1.68. The van der Waals surface area contributed by atoms with Crippen LogP contribution >= 0.6 is 12.2 Å². The predicted octanol–water partition coefficient (Wildman–Crippen LogP) is 3.75. The third kappa shape index (κ3) is 2.16. The van der Waals surface area contributed by atoms with Crippen LogP contribution in [0.25, 0.3) is 11.3 Å². The molecule has 0 radical (unpaired) electrons. The lowest BCUT2D eigenvalue weighted by atomic mass is 10.0. The summed E-state index contributed by atoms with van der Waals surface area (Å²) >= 11 is 5.41. The monoisotopic (exact) mass is 272 g/mol. The van der Waals surface area contributed by atoms with Crippen molar-refractivity contribution in [2.24, 2.45) is 0 Å². The van der Waals surface area contributed by atoms with Gasteiger partial charge in [0.25, 0.3) is 0 Å². The first-order valence-electron chi connectivity index (χ1n) is 6.49. The van der Waals surface area contributed by atoms with Crippen molar-refractivity contribution in [3.05, 3.63) is 39.8 Å². The van der Waals surface area contributed by atoms with Crippen LogP contribution in [0.5, 0.6) is 5.75 Å². The van der Waals surface area contributed by atoms with Gasteiger partial charge < -0.3 is 9.72 Å². The van der Waals surface area contributed by atoms with E-state index in [1.807, 2.05) is 19.9 Å². The van der Waals surface area contributed by atoms with Crippen LogP contribution in [0.15, 0.2) is 18.2 Å². The van der Waals surface area contributed by atoms with Gasteiger partial charge in [0.15, 0.2) is 0 Å². The van der Waals surface area contributed by atoms with Crippen molar-refractivity contribution in [1.29, 1.82) is 0 Å². The number of hydrogen-bond donors (Lipinski definition) is 1. The second kappa shape index (κ2) is 4.78. The van der Waals surface area contributed by atoms with Crippen LogP contribution in [0, 0.1) is 18.5 Å². The number of H-pyrrole nitrogens is 1. The Bertz CT molecular complexity index is 691. The minimum Gasteiger partial charge on any atom is -0.493 e. The van der Waals surface area contributed by atoms with Crippen molar-refractivity contribution in [1.82, 2.24) is 9.97 Å². The Morgan fingerprint density at radius 1 is 1.32 bits per heavy atom. The van der Waals surface area contributed by atoms with Crippen molar-refractivity contribution in [3.63, 3.8) is 0 Å². The summed E-state index contributed by atoms with van der Waals surface area (Å²) in [6, 6.07) is 6.20. The quantitative estimate of drug-likeness (QED) is 0.803. The van der Waals surface area contributed by atoms with Crippen LogP contribution in [0.4, 0.5) is 0 Å². The van der Waals surface area contributed by atoms with Gasteiger partial charge in [-0.2, -0.15) is 0 Å². The fourth-order valence-electron chi connectivity index (χ4n) is 2.38. The number of rotatable bonds is 1. The van der Waals surface area contributed by atoms with Gasteiger partial charge in [0.2, 0.25) is 0 Å². The summed E-state index contributed by atoms with van der Waals surface area (Å²) in [5, 5.41) is 0. The summed E-state index contributed by atoms with van der Waals surface area (Å²) in [5.41, 5.74) is 5.05. The van der Waals surface area contributed by atoms with Crippen molar-refractivity contribution >= 4 is 12.2 Å². The largest absolute Gasteiger partial charge is 0.493 e. The summed E-state index contributed by atoms with van der Waals surface area (Å²) in [7, 11) is 0. The Morgan fingerprint density at radius 2 is 2.16 bits per heavy atom. The van der Waals surface area contributed by atoms with Gasteiger partial charge >= 0.3 is 0 Å². The summed E-state index contributed by atoms with van der Waals surface area (Å²) in [6.45, 7) is 4.74. The van der Waals surface area contributed by atoms with Crippen LogP contribution in [0.2, 0.25) is 0 Å². The van der Waals surface area contributed by atoms with Gasteiger partial charge in [-0.3, -0.25) is 0 Å². The number of hydrogen-bond acceptors (Lipinski definition) is 3. The third-order valence-electron chi connectivity index (χ3n) is 3.53. The second-order valence-electron chi connectivity index (χ2n) is 4.87. The molecule has 19 heavy (non-hydrogen) atoms. The summed E-state index contributed by atoms with van der Waals surface area (Å²) in [4.78, 5) is 7.84. The van der Waals surface area contributed by atoms with E-state index in [0.29, 0.717) is 4.64 Å². The molecule has 0 saturated carbocycles. The summed E-state index contributed by atoms with van der Waals surface area (Å²) in [6.07, 6.45) is 2.13. The van der Waals surface area contributed by atoms with Gasteiger partial charge in [0.05, 0.1) is 12.3 Å². The third-order valence-corrected chi connectivity index (χ3v) is 3.82. The topological polar surface area (TPSA) is 37.9 Å². The molecule has 2 aromatic rings. The Morgan fingerprint density at radius 3 is 3.00 bits per heavy atom. The lowest BCUT2D eigenvalue weighted by Crippen LogP contribution is -2.10. The smallest absolute Gasteiger partial charge is 0.131 e. The first kappa shape index (κ1) is 12.4. The zero-order valence-electron chi connectivity index (χ0n) is 11.1. The maximum atomic E-state index is 5.83. The van der Waals surface area contributed by atoms with E-state index in [-0.39, 0.29) is 0 Å². The Labute approximate surface area is 117 Å². The fraction of sp³-hybridized carbons (Fsp3) is 0.333. The highest BCUT2D eigenvalue weighted by atomic mass is 32.1. The van der Waals surface area contributed by atoms with Gasteiger partial charge in [0, 0.05) is 11.3 Å². The lowest BCUT2D eigenvalue weighted by Gasteiger charge is -2.20. The molecule has 98 valence electrons. The molecule has 0 amide bonds. The van der Waals surface area contributed by atoms with Gasteiger partial charge in [-0.1, -0.05) is 24.4 Å². The van der Waals surface area contributed by atoms with Crippen LogP contribution in [0.3, 0.4) is 0 Å². The first-order valence-corrected chi connectivity index (χ1v) is 6.90. The molecule has 3 nitrogen and oxygen atoms in total. The highest BCUT2D eigenvalue weighted by Crippen LogP contribution is 2.35. The number of benzene rings is 1. The maximum absolute atomic E-state index is 5.83. The number of para-hydroxylation sites is 1. The molecule has 0 unspecified atom stereocenters. The van der Waals surface area contributed by atoms with Crippen molar-refractivity contribution < 1.29 is 4.74 Å². The predicted molar refractivity (Wildman–Crippen MR) is 78.1 cm³/mol. The molecule has 1 aromatic heterocycles. The number of nitrogens with one attached hydrogen (secondary N) is 1. The standard InChI is InChI=1S/C15H16N2OS/c1-9-10(2)17-15(19)13(16-9)12-7-3-5-11-6-4-8-18-14(11)12/h3,5,7H,4,6,8H2,1-2H3,(H,17,19). The zero-order chi connectivity index (χ0) is 13.4. The molecular weight excluding hydrogens is 256 g/mol. The molecule has 1 aromatic carbocycles. The number of fused-ring (bicyclic) bond motifs is 1. The van der Waals surface area contributed by atoms with E-state index in [2.05, 4.69) is 22.1 Å². The molecule has 0 saturated heterocycles. The average Bonchev–Trinajstić information content (AvgIpc) is 2.42. The maximum Gasteiger partial charge on any atom is 0.131 e. The molecule has 2 heterocycles. The Kier molecular flexibility index (Phi) is 3.11. The summed E-state index contributed by atoms with van der Waals surface area (Å²) in [5.74, 6) is 0.948. The molecule has 0 atom stereocenters. The normalized spacial score (nSPS) is 13.8. The van der Waals surface area contributed by atoms with E-state index in [1.165, 1.54) is 5.56 Å². The molecule has 0 spiro atoms. The second-order valence-corrected chi connectivity index (χ2v) is 5.28. The Balaban J connectivity index is 2.23. The van der Waals surface area contributed by atoms with Gasteiger partial charge in [0.1, 0.15) is 16.1 Å². The molecule has 0 fully saturated rings.